The molecule has 4 nitrogen and oxygen atoms in total. The van der Waals surface area contributed by atoms with Gasteiger partial charge in [0.2, 0.25) is 0 Å². The van der Waals surface area contributed by atoms with E-state index in [0.29, 0.717) is 11.6 Å². The zero-order valence-corrected chi connectivity index (χ0v) is 11.2. The van der Waals surface area contributed by atoms with Crippen LogP contribution in [-0.2, 0) is 0 Å². The molecular weight excluding hydrogens is 250 g/mol. The van der Waals surface area contributed by atoms with Gasteiger partial charge in [0, 0.05) is 23.7 Å². The second kappa shape index (κ2) is 4.95. The van der Waals surface area contributed by atoms with Crippen LogP contribution in [0.2, 0.25) is 0 Å². The number of benzene rings is 1. The molecule has 1 aromatic heterocycles. The van der Waals surface area contributed by atoms with Crippen molar-refractivity contribution in [3.63, 3.8) is 0 Å². The van der Waals surface area contributed by atoms with Crippen molar-refractivity contribution in [1.82, 2.24) is 4.98 Å². The van der Waals surface area contributed by atoms with Crippen LogP contribution in [0.1, 0.15) is 17.9 Å². The van der Waals surface area contributed by atoms with Crippen molar-refractivity contribution in [3.05, 3.63) is 53.5 Å². The lowest BCUT2D eigenvalue weighted by atomic mass is 10.1. The summed E-state index contributed by atoms with van der Waals surface area (Å²) in [5.74, 6) is 1.17. The fourth-order valence-corrected chi connectivity index (χ4v) is 2.35. The molecule has 1 aliphatic carbocycles. The predicted molar refractivity (Wildman–Crippen MR) is 77.8 cm³/mol. The molecule has 0 aliphatic heterocycles. The Morgan fingerprint density at radius 2 is 2.15 bits per heavy atom. The first-order valence-electron chi connectivity index (χ1n) is 6.50. The van der Waals surface area contributed by atoms with Crippen molar-refractivity contribution in [2.75, 3.05) is 7.11 Å². The van der Waals surface area contributed by atoms with Crippen LogP contribution in [0.4, 0.5) is 5.69 Å². The van der Waals surface area contributed by atoms with Gasteiger partial charge >= 0.3 is 0 Å². The van der Waals surface area contributed by atoms with E-state index in [4.69, 9.17) is 17.0 Å². The molecule has 1 aliphatic rings. The lowest BCUT2D eigenvalue weighted by molar-refractivity contribution is 0.416. The molecule has 0 spiro atoms. The maximum atomic E-state index is 7.10. The van der Waals surface area contributed by atoms with Gasteiger partial charge in [-0.3, -0.25) is 4.98 Å². The summed E-state index contributed by atoms with van der Waals surface area (Å²) in [4.78, 5) is 7.94. The molecule has 0 unspecified atom stereocenters. The molecule has 2 N–H and O–H groups in total. The second-order valence-corrected chi connectivity index (χ2v) is 4.98. The van der Waals surface area contributed by atoms with Gasteiger partial charge in [-0.1, -0.05) is 12.1 Å². The number of ether oxygens (including phenoxy) is 1. The Balaban J connectivity index is 1.97. The second-order valence-electron chi connectivity index (χ2n) is 4.98. The maximum Gasteiger partial charge on any atom is 0.188 e. The van der Waals surface area contributed by atoms with Gasteiger partial charge in [0.15, 0.2) is 5.69 Å². The first-order chi connectivity index (χ1) is 9.72. The molecule has 2 aromatic rings. The van der Waals surface area contributed by atoms with E-state index < -0.39 is 0 Å². The normalized spacial score (nSPS) is 20.2. The van der Waals surface area contributed by atoms with Gasteiger partial charge in [0.25, 0.3) is 0 Å². The van der Waals surface area contributed by atoms with Crippen LogP contribution < -0.4 is 10.5 Å². The van der Waals surface area contributed by atoms with E-state index in [2.05, 4.69) is 15.9 Å². The molecule has 100 valence electrons. The van der Waals surface area contributed by atoms with Gasteiger partial charge in [-0.15, -0.1) is 0 Å². The van der Waals surface area contributed by atoms with Crippen LogP contribution in [0.15, 0.2) is 36.5 Å². The highest BCUT2D eigenvalue weighted by molar-refractivity contribution is 5.72. The van der Waals surface area contributed by atoms with E-state index in [1.54, 1.807) is 25.3 Å². The number of pyridine rings is 1. The van der Waals surface area contributed by atoms with Gasteiger partial charge < -0.3 is 10.5 Å². The van der Waals surface area contributed by atoms with Crippen molar-refractivity contribution in [1.29, 1.82) is 0 Å². The van der Waals surface area contributed by atoms with Crippen LogP contribution in [0.3, 0.4) is 0 Å². The topological polar surface area (TPSA) is 52.5 Å². The molecule has 1 heterocycles. The number of nitrogens with two attached hydrogens (primary N) is 1. The van der Waals surface area contributed by atoms with Crippen molar-refractivity contribution in [2.45, 2.75) is 18.4 Å². The summed E-state index contributed by atoms with van der Waals surface area (Å²) in [7, 11) is 1.62. The van der Waals surface area contributed by atoms with Gasteiger partial charge in [-0.25, -0.2) is 4.85 Å². The van der Waals surface area contributed by atoms with Crippen molar-refractivity contribution in [3.8, 4) is 17.0 Å². The Hall–Kier alpha value is -2.38. The van der Waals surface area contributed by atoms with Gasteiger partial charge in [0.1, 0.15) is 5.75 Å². The third kappa shape index (κ3) is 2.24. The number of hydrogen-bond donors (Lipinski definition) is 1. The molecule has 1 saturated carbocycles. The zero-order chi connectivity index (χ0) is 14.1. The highest BCUT2D eigenvalue weighted by Crippen LogP contribution is 2.39. The van der Waals surface area contributed by atoms with E-state index in [9.17, 15) is 0 Å². The molecule has 2 atom stereocenters. The van der Waals surface area contributed by atoms with E-state index >= 15 is 0 Å². The summed E-state index contributed by atoms with van der Waals surface area (Å²) in [6.45, 7) is 7.10. The number of aromatic nitrogens is 1. The first kappa shape index (κ1) is 12.6. The van der Waals surface area contributed by atoms with Crippen LogP contribution in [0.5, 0.6) is 5.75 Å². The monoisotopic (exact) mass is 265 g/mol. The Bertz CT molecular complexity index is 673. The van der Waals surface area contributed by atoms with Crippen molar-refractivity contribution < 1.29 is 4.74 Å². The largest absolute Gasteiger partial charge is 0.496 e. The summed E-state index contributed by atoms with van der Waals surface area (Å²) in [6, 6.07) is 9.65. The fourth-order valence-electron chi connectivity index (χ4n) is 2.35. The summed E-state index contributed by atoms with van der Waals surface area (Å²) >= 11 is 0. The van der Waals surface area contributed by atoms with Crippen molar-refractivity contribution in [2.24, 2.45) is 5.73 Å². The van der Waals surface area contributed by atoms with Gasteiger partial charge in [-0.2, -0.15) is 0 Å². The fraction of sp³-hybridized carbons (Fsp3) is 0.250. The molecular formula is C16H15N3O. The number of hydrogen-bond acceptors (Lipinski definition) is 3. The lowest BCUT2D eigenvalue weighted by Crippen LogP contribution is -2.01. The molecule has 20 heavy (non-hydrogen) atoms. The maximum absolute atomic E-state index is 7.10. The first-order valence-corrected chi connectivity index (χ1v) is 6.50. The van der Waals surface area contributed by atoms with Gasteiger partial charge in [0.05, 0.1) is 19.4 Å². The van der Waals surface area contributed by atoms with Crippen molar-refractivity contribution >= 4 is 5.69 Å². The van der Waals surface area contributed by atoms with Crippen LogP contribution in [0.25, 0.3) is 16.1 Å². The molecule has 1 aromatic carbocycles. The summed E-state index contributed by atoms with van der Waals surface area (Å²) < 4.78 is 5.34. The summed E-state index contributed by atoms with van der Waals surface area (Å²) in [5.41, 5.74) is 9.26. The number of rotatable bonds is 3. The third-order valence-corrected chi connectivity index (χ3v) is 3.64. The average molecular weight is 265 g/mol. The van der Waals surface area contributed by atoms with Crippen LogP contribution in [-0.4, -0.2) is 18.1 Å². The predicted octanol–water partition coefficient (Wildman–Crippen LogP) is 3.12. The Morgan fingerprint density at radius 3 is 2.70 bits per heavy atom. The van der Waals surface area contributed by atoms with E-state index in [1.165, 1.54) is 5.56 Å². The standard InChI is InChI=1S/C16H15N3O/c1-18-11-4-6-16(20-2)13(7-11)15-5-3-10(9-19-15)12-8-14(12)17/h3-7,9,12,14H,8,17H2,2H3/t12-,14+/m1/s1. The number of methoxy groups -OCH3 is 1. The average Bonchev–Trinajstić information content (AvgIpc) is 3.23. The summed E-state index contributed by atoms with van der Waals surface area (Å²) in [5, 5.41) is 0. The molecule has 0 bridgehead atoms. The minimum atomic E-state index is 0.280. The third-order valence-electron chi connectivity index (χ3n) is 3.64. The molecule has 1 fully saturated rings. The van der Waals surface area contributed by atoms with Crippen LogP contribution >= 0.6 is 0 Å². The van der Waals surface area contributed by atoms with E-state index in [0.717, 1.165) is 23.4 Å². The van der Waals surface area contributed by atoms with E-state index in [1.807, 2.05) is 12.3 Å². The highest BCUT2D eigenvalue weighted by atomic mass is 16.5. The highest BCUT2D eigenvalue weighted by Gasteiger charge is 2.34. The van der Waals surface area contributed by atoms with Crippen LogP contribution in [0, 0.1) is 6.57 Å². The Morgan fingerprint density at radius 1 is 1.35 bits per heavy atom. The Labute approximate surface area is 118 Å². The summed E-state index contributed by atoms with van der Waals surface area (Å²) in [6.07, 6.45) is 2.91. The molecule has 0 amide bonds. The van der Waals surface area contributed by atoms with E-state index in [-0.39, 0.29) is 6.04 Å². The minimum absolute atomic E-state index is 0.280. The van der Waals surface area contributed by atoms with Gasteiger partial charge in [-0.05, 0) is 30.2 Å². The molecule has 0 radical (unpaired) electrons. The molecule has 3 rings (SSSR count). The minimum Gasteiger partial charge on any atom is -0.496 e. The zero-order valence-electron chi connectivity index (χ0n) is 11.2. The Kier molecular flexibility index (Phi) is 3.13. The smallest absolute Gasteiger partial charge is 0.188 e. The molecule has 4 heteroatoms. The quantitative estimate of drug-likeness (QED) is 0.867. The SMILES string of the molecule is [C-]#[N+]c1ccc(OC)c(-c2ccc([C@H]3C[C@@H]3N)cn2)c1. The molecule has 0 saturated heterocycles. The number of nitrogens with zero attached hydrogens (tertiary/aromatic N) is 2. The lowest BCUT2D eigenvalue weighted by Gasteiger charge is -2.09.